The number of furan rings is 1. The fourth-order valence-electron chi connectivity index (χ4n) is 2.63. The highest BCUT2D eigenvalue weighted by Crippen LogP contribution is 2.23. The number of benzene rings is 2. The zero-order valence-corrected chi connectivity index (χ0v) is 14.5. The Bertz CT molecular complexity index is 857. The van der Waals surface area contributed by atoms with Gasteiger partial charge in [0, 0.05) is 11.9 Å². The van der Waals surface area contributed by atoms with Crippen LogP contribution in [0.4, 0.5) is 0 Å². The zero-order valence-electron chi connectivity index (χ0n) is 14.5. The van der Waals surface area contributed by atoms with E-state index in [0.717, 1.165) is 16.5 Å². The maximum absolute atomic E-state index is 12.3. The number of amides is 1. The number of aliphatic hydroxyl groups is 1. The highest BCUT2D eigenvalue weighted by atomic mass is 16.5. The molecule has 5 heteroatoms. The van der Waals surface area contributed by atoms with Crippen molar-refractivity contribution < 1.29 is 19.1 Å². The van der Waals surface area contributed by atoms with Gasteiger partial charge in [-0.15, -0.1) is 0 Å². The van der Waals surface area contributed by atoms with E-state index >= 15 is 0 Å². The Morgan fingerprint density at radius 1 is 1.16 bits per heavy atom. The zero-order chi connectivity index (χ0) is 18.0. The van der Waals surface area contributed by atoms with Gasteiger partial charge in [-0.3, -0.25) is 4.79 Å². The second-order valence-electron chi connectivity index (χ2n) is 6.08. The molecular weight excluding hydrogens is 318 g/mol. The predicted octanol–water partition coefficient (Wildman–Crippen LogP) is 3.52. The van der Waals surface area contributed by atoms with Crippen LogP contribution in [0.15, 0.2) is 46.9 Å². The van der Waals surface area contributed by atoms with E-state index in [2.05, 4.69) is 5.32 Å². The van der Waals surface area contributed by atoms with Crippen LogP contribution in [0.3, 0.4) is 0 Å². The molecule has 1 atom stereocenters. The number of hydrogen-bond donors (Lipinski definition) is 2. The summed E-state index contributed by atoms with van der Waals surface area (Å²) in [5.74, 6) is 0.605. The van der Waals surface area contributed by atoms with Crippen LogP contribution < -0.4 is 10.1 Å². The summed E-state index contributed by atoms with van der Waals surface area (Å²) in [6.45, 7) is 4.12. The lowest BCUT2D eigenvalue weighted by atomic mass is 10.1. The van der Waals surface area contributed by atoms with Crippen LogP contribution in [0.25, 0.3) is 11.0 Å². The molecule has 0 bridgehead atoms. The van der Waals surface area contributed by atoms with Gasteiger partial charge in [-0.2, -0.15) is 0 Å². The molecule has 0 aliphatic carbocycles. The Kier molecular flexibility index (Phi) is 4.76. The molecule has 0 saturated carbocycles. The fraction of sp³-hybridized carbons (Fsp3) is 0.250. The topological polar surface area (TPSA) is 71.7 Å². The van der Waals surface area contributed by atoms with Crippen molar-refractivity contribution in [2.24, 2.45) is 0 Å². The van der Waals surface area contributed by atoms with Gasteiger partial charge in [-0.05, 0) is 60.9 Å². The van der Waals surface area contributed by atoms with E-state index in [1.165, 1.54) is 0 Å². The predicted molar refractivity (Wildman–Crippen MR) is 96.0 cm³/mol. The van der Waals surface area contributed by atoms with E-state index in [1.54, 1.807) is 37.4 Å². The van der Waals surface area contributed by atoms with Gasteiger partial charge in [0.1, 0.15) is 11.3 Å². The summed E-state index contributed by atoms with van der Waals surface area (Å²) >= 11 is 0. The van der Waals surface area contributed by atoms with Crippen molar-refractivity contribution in [2.45, 2.75) is 20.0 Å². The van der Waals surface area contributed by atoms with Gasteiger partial charge in [0.05, 0.1) is 13.2 Å². The molecule has 1 unspecified atom stereocenters. The molecule has 3 aromatic rings. The number of ether oxygens (including phenoxy) is 1. The quantitative estimate of drug-likeness (QED) is 0.746. The number of aliphatic hydroxyl groups excluding tert-OH is 1. The van der Waals surface area contributed by atoms with Crippen LogP contribution in [0.1, 0.15) is 33.3 Å². The first-order valence-corrected chi connectivity index (χ1v) is 8.09. The largest absolute Gasteiger partial charge is 0.497 e. The average molecular weight is 339 g/mol. The lowest BCUT2D eigenvalue weighted by molar-refractivity contribution is 0.0891. The molecule has 0 saturated heterocycles. The third-order valence-electron chi connectivity index (χ3n) is 4.31. The summed E-state index contributed by atoms with van der Waals surface area (Å²) < 4.78 is 10.7. The standard InChI is InChI=1S/C20H21NO4/c1-12-8-15-10-19(25-18(15)9-13(12)2)20(23)21-11-17(22)14-4-6-16(24-3)7-5-14/h4-10,17,22H,11H2,1-3H3,(H,21,23). The monoisotopic (exact) mass is 339 g/mol. The second kappa shape index (κ2) is 6.99. The van der Waals surface area contributed by atoms with Crippen LogP contribution >= 0.6 is 0 Å². The third kappa shape index (κ3) is 3.67. The fourth-order valence-corrected chi connectivity index (χ4v) is 2.63. The summed E-state index contributed by atoms with van der Waals surface area (Å²) in [5, 5.41) is 13.8. The van der Waals surface area contributed by atoms with Crippen molar-refractivity contribution in [2.75, 3.05) is 13.7 Å². The van der Waals surface area contributed by atoms with E-state index in [9.17, 15) is 9.90 Å². The number of hydrogen-bond acceptors (Lipinski definition) is 4. The van der Waals surface area contributed by atoms with Gasteiger partial charge in [-0.1, -0.05) is 12.1 Å². The molecule has 5 nitrogen and oxygen atoms in total. The van der Waals surface area contributed by atoms with E-state index in [1.807, 2.05) is 26.0 Å². The van der Waals surface area contributed by atoms with Gasteiger partial charge in [-0.25, -0.2) is 0 Å². The molecule has 1 aromatic heterocycles. The summed E-state index contributed by atoms with van der Waals surface area (Å²) in [4.78, 5) is 12.3. The minimum Gasteiger partial charge on any atom is -0.497 e. The second-order valence-corrected chi connectivity index (χ2v) is 6.08. The molecule has 25 heavy (non-hydrogen) atoms. The Hall–Kier alpha value is -2.79. The molecule has 130 valence electrons. The minimum atomic E-state index is -0.802. The number of carbonyl (C=O) groups excluding carboxylic acids is 1. The molecular formula is C20H21NO4. The molecule has 2 aromatic carbocycles. The Balaban J connectivity index is 1.67. The number of nitrogens with one attached hydrogen (secondary N) is 1. The van der Waals surface area contributed by atoms with Crippen LogP contribution in [-0.4, -0.2) is 24.7 Å². The third-order valence-corrected chi connectivity index (χ3v) is 4.31. The molecule has 1 amide bonds. The minimum absolute atomic E-state index is 0.0975. The Labute approximate surface area is 146 Å². The van der Waals surface area contributed by atoms with E-state index in [4.69, 9.17) is 9.15 Å². The summed E-state index contributed by atoms with van der Waals surface area (Å²) in [6, 6.07) is 12.7. The first kappa shape index (κ1) is 17.0. The van der Waals surface area contributed by atoms with Gasteiger partial charge >= 0.3 is 0 Å². The highest BCUT2D eigenvalue weighted by molar-refractivity contribution is 5.96. The molecule has 0 fully saturated rings. The SMILES string of the molecule is COc1ccc(C(O)CNC(=O)c2cc3cc(C)c(C)cc3o2)cc1. The van der Waals surface area contributed by atoms with E-state index in [0.29, 0.717) is 16.9 Å². The number of carbonyl (C=O) groups is 1. The lowest BCUT2D eigenvalue weighted by Crippen LogP contribution is -2.28. The summed E-state index contributed by atoms with van der Waals surface area (Å²) in [7, 11) is 1.59. The van der Waals surface area contributed by atoms with Crippen molar-refractivity contribution in [3.63, 3.8) is 0 Å². The summed E-state index contributed by atoms with van der Waals surface area (Å²) in [5.41, 5.74) is 3.65. The molecule has 0 radical (unpaired) electrons. The maximum atomic E-state index is 12.3. The van der Waals surface area contributed by atoms with Crippen LogP contribution in [-0.2, 0) is 0 Å². The van der Waals surface area contributed by atoms with Crippen molar-refractivity contribution in [1.82, 2.24) is 5.32 Å². The first-order valence-electron chi connectivity index (χ1n) is 8.09. The number of rotatable bonds is 5. The van der Waals surface area contributed by atoms with Gasteiger partial charge < -0.3 is 19.6 Å². The maximum Gasteiger partial charge on any atom is 0.287 e. The highest BCUT2D eigenvalue weighted by Gasteiger charge is 2.15. The van der Waals surface area contributed by atoms with Crippen molar-refractivity contribution in [3.05, 3.63) is 64.9 Å². The van der Waals surface area contributed by atoms with Crippen LogP contribution in [0.5, 0.6) is 5.75 Å². The number of methoxy groups -OCH3 is 1. The van der Waals surface area contributed by atoms with Crippen molar-refractivity contribution in [1.29, 1.82) is 0 Å². The lowest BCUT2D eigenvalue weighted by Gasteiger charge is -2.12. The molecule has 1 heterocycles. The van der Waals surface area contributed by atoms with Crippen molar-refractivity contribution in [3.8, 4) is 5.75 Å². The molecule has 0 aliphatic rings. The first-order chi connectivity index (χ1) is 12.0. The smallest absolute Gasteiger partial charge is 0.287 e. The number of aryl methyl sites for hydroxylation is 2. The van der Waals surface area contributed by atoms with E-state index in [-0.39, 0.29) is 18.2 Å². The van der Waals surface area contributed by atoms with Crippen LogP contribution in [0.2, 0.25) is 0 Å². The van der Waals surface area contributed by atoms with Gasteiger partial charge in [0.2, 0.25) is 0 Å². The molecule has 0 spiro atoms. The molecule has 2 N–H and O–H groups in total. The van der Waals surface area contributed by atoms with Gasteiger partial charge in [0.15, 0.2) is 5.76 Å². The van der Waals surface area contributed by atoms with E-state index < -0.39 is 6.10 Å². The summed E-state index contributed by atoms with van der Waals surface area (Å²) in [6.07, 6.45) is -0.802. The van der Waals surface area contributed by atoms with Gasteiger partial charge in [0.25, 0.3) is 5.91 Å². The average Bonchev–Trinajstić information content (AvgIpc) is 3.02. The Morgan fingerprint density at radius 2 is 1.84 bits per heavy atom. The molecule has 3 rings (SSSR count). The normalized spacial score (nSPS) is 12.2. The Morgan fingerprint density at radius 3 is 2.52 bits per heavy atom. The molecule has 0 aliphatic heterocycles. The van der Waals surface area contributed by atoms with Crippen LogP contribution in [0, 0.1) is 13.8 Å². The van der Waals surface area contributed by atoms with Crippen molar-refractivity contribution >= 4 is 16.9 Å². The number of fused-ring (bicyclic) bond motifs is 1.